The predicted molar refractivity (Wildman–Crippen MR) is 97.5 cm³/mol. The fourth-order valence-electron chi connectivity index (χ4n) is 3.39. The van der Waals surface area contributed by atoms with Gasteiger partial charge in [0.05, 0.1) is 6.61 Å². The molecule has 3 rings (SSSR count). The van der Waals surface area contributed by atoms with Crippen molar-refractivity contribution in [1.29, 1.82) is 0 Å². The van der Waals surface area contributed by atoms with Gasteiger partial charge in [0.25, 0.3) is 0 Å². The molecule has 0 bridgehead atoms. The van der Waals surface area contributed by atoms with E-state index in [1.807, 2.05) is 12.1 Å². The van der Waals surface area contributed by atoms with Gasteiger partial charge in [-0.15, -0.1) is 0 Å². The molecule has 0 unspecified atom stereocenters. The zero-order chi connectivity index (χ0) is 17.5. The van der Waals surface area contributed by atoms with Crippen molar-refractivity contribution in [3.8, 4) is 11.5 Å². The molecule has 0 radical (unpaired) electrons. The van der Waals surface area contributed by atoms with Crippen LogP contribution in [0, 0.1) is 11.7 Å². The molecular weight excluding hydrogens is 317 g/mol. The number of likely N-dealkylation sites (tertiary alicyclic amines) is 1. The molecule has 1 heterocycles. The van der Waals surface area contributed by atoms with Crippen LogP contribution in [0.2, 0.25) is 0 Å². The van der Waals surface area contributed by atoms with Crippen LogP contribution in [0.4, 0.5) is 4.39 Å². The fraction of sp³-hybridized carbons (Fsp3) is 0.429. The standard InChI is InChI=1S/C21H26FNO2/c22-19-4-2-17(3-5-19)16-18-10-13-23(14-11-18)12-1-15-25-21-8-6-20(24)7-9-21/h2-9,18,24H,1,10-16H2. The summed E-state index contributed by atoms with van der Waals surface area (Å²) in [5.41, 5.74) is 1.24. The van der Waals surface area contributed by atoms with E-state index < -0.39 is 0 Å². The van der Waals surface area contributed by atoms with Gasteiger partial charge in [-0.05, 0) is 86.7 Å². The van der Waals surface area contributed by atoms with E-state index in [9.17, 15) is 9.50 Å². The van der Waals surface area contributed by atoms with Crippen molar-refractivity contribution in [2.24, 2.45) is 5.92 Å². The van der Waals surface area contributed by atoms with Crippen molar-refractivity contribution >= 4 is 0 Å². The Morgan fingerprint density at radius 1 is 1.00 bits per heavy atom. The monoisotopic (exact) mass is 343 g/mol. The highest BCUT2D eigenvalue weighted by atomic mass is 19.1. The van der Waals surface area contributed by atoms with Crippen LogP contribution in [0.3, 0.4) is 0 Å². The summed E-state index contributed by atoms with van der Waals surface area (Å²) in [6.07, 6.45) is 4.47. The Labute approximate surface area is 149 Å². The fourth-order valence-corrected chi connectivity index (χ4v) is 3.39. The van der Waals surface area contributed by atoms with Crippen LogP contribution >= 0.6 is 0 Å². The molecule has 0 spiro atoms. The number of phenols is 1. The van der Waals surface area contributed by atoms with E-state index in [4.69, 9.17) is 4.74 Å². The van der Waals surface area contributed by atoms with Crippen molar-refractivity contribution in [2.75, 3.05) is 26.2 Å². The summed E-state index contributed by atoms with van der Waals surface area (Å²) in [5.74, 6) is 1.61. The van der Waals surface area contributed by atoms with E-state index in [1.54, 1.807) is 36.4 Å². The summed E-state index contributed by atoms with van der Waals surface area (Å²) >= 11 is 0. The van der Waals surface area contributed by atoms with Gasteiger partial charge in [-0.2, -0.15) is 0 Å². The van der Waals surface area contributed by atoms with Gasteiger partial charge < -0.3 is 14.7 Å². The van der Waals surface area contributed by atoms with Crippen LogP contribution in [-0.4, -0.2) is 36.2 Å². The van der Waals surface area contributed by atoms with Gasteiger partial charge in [0.15, 0.2) is 0 Å². The predicted octanol–water partition coefficient (Wildman–Crippen LogP) is 4.25. The summed E-state index contributed by atoms with van der Waals surface area (Å²) in [6.45, 7) is 4.01. The molecule has 1 saturated heterocycles. The normalized spacial score (nSPS) is 16.0. The first-order valence-electron chi connectivity index (χ1n) is 9.08. The molecule has 134 valence electrons. The van der Waals surface area contributed by atoms with Crippen LogP contribution in [-0.2, 0) is 6.42 Å². The minimum absolute atomic E-state index is 0.159. The van der Waals surface area contributed by atoms with Crippen LogP contribution < -0.4 is 4.74 Å². The van der Waals surface area contributed by atoms with Gasteiger partial charge in [-0.25, -0.2) is 4.39 Å². The molecule has 2 aromatic carbocycles. The second kappa shape index (κ2) is 8.86. The highest BCUT2D eigenvalue weighted by Gasteiger charge is 2.19. The summed E-state index contributed by atoms with van der Waals surface area (Å²) < 4.78 is 18.7. The lowest BCUT2D eigenvalue weighted by Gasteiger charge is -2.32. The van der Waals surface area contributed by atoms with Gasteiger partial charge in [0.2, 0.25) is 0 Å². The number of hydrogen-bond acceptors (Lipinski definition) is 3. The largest absolute Gasteiger partial charge is 0.508 e. The minimum Gasteiger partial charge on any atom is -0.508 e. The minimum atomic E-state index is -0.159. The second-order valence-corrected chi connectivity index (χ2v) is 6.81. The first kappa shape index (κ1) is 17.7. The van der Waals surface area contributed by atoms with Crippen LogP contribution in [0.15, 0.2) is 48.5 Å². The molecule has 1 N–H and O–H groups in total. The maximum absolute atomic E-state index is 13.0. The van der Waals surface area contributed by atoms with Gasteiger partial charge in [0, 0.05) is 6.54 Å². The number of nitrogens with zero attached hydrogens (tertiary/aromatic N) is 1. The Morgan fingerprint density at radius 2 is 1.68 bits per heavy atom. The van der Waals surface area contributed by atoms with Gasteiger partial charge in [-0.3, -0.25) is 0 Å². The zero-order valence-corrected chi connectivity index (χ0v) is 14.5. The molecule has 1 aliphatic heterocycles. The number of piperidine rings is 1. The number of halogens is 1. The second-order valence-electron chi connectivity index (χ2n) is 6.81. The van der Waals surface area contributed by atoms with E-state index in [1.165, 1.54) is 18.4 Å². The third-order valence-electron chi connectivity index (χ3n) is 4.87. The lowest BCUT2D eigenvalue weighted by atomic mass is 9.90. The molecule has 1 fully saturated rings. The maximum Gasteiger partial charge on any atom is 0.123 e. The van der Waals surface area contributed by atoms with Crippen LogP contribution in [0.1, 0.15) is 24.8 Å². The zero-order valence-electron chi connectivity index (χ0n) is 14.5. The number of ether oxygens (including phenoxy) is 1. The molecule has 1 aliphatic rings. The molecule has 0 aromatic heterocycles. The SMILES string of the molecule is Oc1ccc(OCCCN2CCC(Cc3ccc(F)cc3)CC2)cc1. The quantitative estimate of drug-likeness (QED) is 0.763. The molecular formula is C21H26FNO2. The average Bonchev–Trinajstić information content (AvgIpc) is 2.63. The number of benzene rings is 2. The van der Waals surface area contributed by atoms with E-state index in [0.717, 1.165) is 38.2 Å². The highest BCUT2D eigenvalue weighted by Crippen LogP contribution is 2.22. The Kier molecular flexibility index (Phi) is 6.29. The van der Waals surface area contributed by atoms with Crippen molar-refractivity contribution in [3.05, 3.63) is 59.9 Å². The van der Waals surface area contributed by atoms with Crippen molar-refractivity contribution in [3.63, 3.8) is 0 Å². The summed E-state index contributed by atoms with van der Waals surface area (Å²) in [4.78, 5) is 2.50. The lowest BCUT2D eigenvalue weighted by molar-refractivity contribution is 0.170. The van der Waals surface area contributed by atoms with Crippen LogP contribution in [0.25, 0.3) is 0 Å². The maximum atomic E-state index is 13.0. The Hall–Kier alpha value is -2.07. The van der Waals surface area contributed by atoms with Crippen molar-refractivity contribution in [1.82, 2.24) is 4.90 Å². The third kappa shape index (κ3) is 5.75. The molecule has 0 aliphatic carbocycles. The van der Waals surface area contributed by atoms with Crippen LogP contribution in [0.5, 0.6) is 11.5 Å². The number of aromatic hydroxyl groups is 1. The summed E-state index contributed by atoms with van der Waals surface area (Å²) in [7, 11) is 0. The first-order chi connectivity index (χ1) is 12.2. The number of rotatable bonds is 7. The Balaban J connectivity index is 1.31. The molecule has 3 nitrogen and oxygen atoms in total. The molecule has 25 heavy (non-hydrogen) atoms. The smallest absolute Gasteiger partial charge is 0.123 e. The van der Waals surface area contributed by atoms with Crippen molar-refractivity contribution < 1.29 is 14.2 Å². The van der Waals surface area contributed by atoms with Gasteiger partial charge in [-0.1, -0.05) is 12.1 Å². The van der Waals surface area contributed by atoms with E-state index >= 15 is 0 Å². The van der Waals surface area contributed by atoms with Crippen molar-refractivity contribution in [2.45, 2.75) is 25.7 Å². The topological polar surface area (TPSA) is 32.7 Å². The van der Waals surface area contributed by atoms with Gasteiger partial charge in [0.1, 0.15) is 17.3 Å². The summed E-state index contributed by atoms with van der Waals surface area (Å²) in [5, 5.41) is 9.25. The molecule has 0 atom stereocenters. The first-order valence-corrected chi connectivity index (χ1v) is 9.08. The van der Waals surface area contributed by atoms with E-state index in [0.29, 0.717) is 12.5 Å². The Bertz CT molecular complexity index is 631. The average molecular weight is 343 g/mol. The summed E-state index contributed by atoms with van der Waals surface area (Å²) in [6, 6.07) is 13.8. The molecule has 4 heteroatoms. The molecule has 2 aromatic rings. The molecule has 0 saturated carbocycles. The number of hydrogen-bond donors (Lipinski definition) is 1. The number of phenolic OH excluding ortho intramolecular Hbond substituents is 1. The van der Waals surface area contributed by atoms with E-state index in [2.05, 4.69) is 4.90 Å². The molecule has 0 amide bonds. The third-order valence-corrected chi connectivity index (χ3v) is 4.87. The highest BCUT2D eigenvalue weighted by molar-refractivity contribution is 5.30. The van der Waals surface area contributed by atoms with Gasteiger partial charge >= 0.3 is 0 Å². The lowest BCUT2D eigenvalue weighted by Crippen LogP contribution is -2.35. The Morgan fingerprint density at radius 3 is 2.36 bits per heavy atom. The van der Waals surface area contributed by atoms with E-state index in [-0.39, 0.29) is 11.6 Å².